The number of aromatic nitrogens is 1. The van der Waals surface area contributed by atoms with E-state index in [-0.39, 0.29) is 11.8 Å². The van der Waals surface area contributed by atoms with Crippen LogP contribution in [0.25, 0.3) is 0 Å². The van der Waals surface area contributed by atoms with Crippen molar-refractivity contribution >= 4 is 23.2 Å². The van der Waals surface area contributed by atoms with E-state index in [1.807, 2.05) is 36.4 Å². The number of hydrogen-bond acceptors (Lipinski definition) is 3. The summed E-state index contributed by atoms with van der Waals surface area (Å²) in [5, 5.41) is 5.87. The highest BCUT2D eigenvalue weighted by Gasteiger charge is 2.42. The summed E-state index contributed by atoms with van der Waals surface area (Å²) in [6, 6.07) is 20.6. The summed E-state index contributed by atoms with van der Waals surface area (Å²) in [6.45, 7) is 0. The maximum absolute atomic E-state index is 13.4. The van der Waals surface area contributed by atoms with Gasteiger partial charge in [0.05, 0.1) is 28.6 Å². The number of benzene rings is 2. The van der Waals surface area contributed by atoms with E-state index in [0.717, 1.165) is 31.2 Å². The van der Waals surface area contributed by atoms with Crippen molar-refractivity contribution in [1.29, 1.82) is 0 Å². The SMILES string of the molecule is O=C(Nc1cccnc1)c1ccccc1NC(=O)C1(c2ccccc2)CCCC1. The lowest BCUT2D eigenvalue weighted by atomic mass is 9.78. The molecule has 0 atom stereocenters. The van der Waals surface area contributed by atoms with Crippen molar-refractivity contribution in [1.82, 2.24) is 4.98 Å². The van der Waals surface area contributed by atoms with E-state index >= 15 is 0 Å². The van der Waals surface area contributed by atoms with Crippen LogP contribution in [0, 0.1) is 0 Å². The molecule has 1 aliphatic carbocycles. The zero-order chi connectivity index (χ0) is 20.1. The number of carbonyl (C=O) groups excluding carboxylic acids is 2. The highest BCUT2D eigenvalue weighted by atomic mass is 16.2. The molecule has 3 aromatic rings. The zero-order valence-corrected chi connectivity index (χ0v) is 16.1. The van der Waals surface area contributed by atoms with Gasteiger partial charge >= 0.3 is 0 Å². The zero-order valence-electron chi connectivity index (χ0n) is 16.1. The number of anilines is 2. The van der Waals surface area contributed by atoms with Crippen molar-refractivity contribution in [3.8, 4) is 0 Å². The molecular formula is C24H23N3O2. The van der Waals surface area contributed by atoms with Crippen LogP contribution >= 0.6 is 0 Å². The van der Waals surface area contributed by atoms with E-state index in [1.165, 1.54) is 0 Å². The number of hydrogen-bond donors (Lipinski definition) is 2. The largest absolute Gasteiger partial charge is 0.325 e. The van der Waals surface area contributed by atoms with E-state index in [1.54, 1.807) is 42.7 Å². The van der Waals surface area contributed by atoms with Gasteiger partial charge < -0.3 is 10.6 Å². The van der Waals surface area contributed by atoms with E-state index in [0.29, 0.717) is 16.9 Å². The molecule has 1 fully saturated rings. The number of carbonyl (C=O) groups is 2. The van der Waals surface area contributed by atoms with E-state index in [9.17, 15) is 9.59 Å². The molecule has 5 nitrogen and oxygen atoms in total. The Balaban J connectivity index is 1.59. The van der Waals surface area contributed by atoms with Gasteiger partial charge in [0.25, 0.3) is 5.91 Å². The molecule has 4 rings (SSSR count). The molecule has 5 heteroatoms. The Morgan fingerprint density at radius 1 is 0.828 bits per heavy atom. The molecule has 0 bridgehead atoms. The predicted molar refractivity (Wildman–Crippen MR) is 114 cm³/mol. The first-order chi connectivity index (χ1) is 14.2. The second kappa shape index (κ2) is 8.27. The lowest BCUT2D eigenvalue weighted by Crippen LogP contribution is -2.38. The minimum Gasteiger partial charge on any atom is -0.325 e. The third-order valence-corrected chi connectivity index (χ3v) is 5.56. The monoisotopic (exact) mass is 385 g/mol. The third kappa shape index (κ3) is 3.90. The van der Waals surface area contributed by atoms with Gasteiger partial charge in [-0.1, -0.05) is 55.3 Å². The molecule has 1 aliphatic rings. The molecule has 0 unspecified atom stereocenters. The molecule has 2 amide bonds. The molecule has 1 heterocycles. The molecule has 0 saturated heterocycles. The van der Waals surface area contributed by atoms with Gasteiger partial charge in [-0.3, -0.25) is 14.6 Å². The lowest BCUT2D eigenvalue weighted by Gasteiger charge is -2.28. The fourth-order valence-electron chi connectivity index (χ4n) is 4.05. The summed E-state index contributed by atoms with van der Waals surface area (Å²) < 4.78 is 0. The van der Waals surface area contributed by atoms with E-state index < -0.39 is 5.41 Å². The van der Waals surface area contributed by atoms with Crippen LogP contribution in [-0.2, 0) is 10.2 Å². The van der Waals surface area contributed by atoms with Gasteiger partial charge in [0.1, 0.15) is 0 Å². The summed E-state index contributed by atoms with van der Waals surface area (Å²) in [7, 11) is 0. The molecular weight excluding hydrogens is 362 g/mol. The Labute approximate surface area is 170 Å². The smallest absolute Gasteiger partial charge is 0.257 e. The molecule has 2 aromatic carbocycles. The van der Waals surface area contributed by atoms with Crippen molar-refractivity contribution in [2.45, 2.75) is 31.1 Å². The van der Waals surface area contributed by atoms with Crippen LogP contribution in [0.15, 0.2) is 79.1 Å². The van der Waals surface area contributed by atoms with Gasteiger partial charge in [-0.25, -0.2) is 0 Å². The maximum atomic E-state index is 13.4. The second-order valence-electron chi connectivity index (χ2n) is 7.35. The van der Waals surface area contributed by atoms with Crippen LogP contribution < -0.4 is 10.6 Å². The van der Waals surface area contributed by atoms with E-state index in [4.69, 9.17) is 0 Å². The minimum atomic E-state index is -0.547. The van der Waals surface area contributed by atoms with Crippen LogP contribution in [-0.4, -0.2) is 16.8 Å². The quantitative estimate of drug-likeness (QED) is 0.664. The van der Waals surface area contributed by atoms with Gasteiger partial charge in [0.15, 0.2) is 0 Å². The summed E-state index contributed by atoms with van der Waals surface area (Å²) in [6.07, 6.45) is 6.90. The average molecular weight is 385 g/mol. The Kier molecular flexibility index (Phi) is 5.38. The topological polar surface area (TPSA) is 71.1 Å². The molecule has 146 valence electrons. The van der Waals surface area contributed by atoms with Gasteiger partial charge in [-0.2, -0.15) is 0 Å². The van der Waals surface area contributed by atoms with Crippen molar-refractivity contribution in [3.05, 3.63) is 90.3 Å². The lowest BCUT2D eigenvalue weighted by molar-refractivity contribution is -0.121. The van der Waals surface area contributed by atoms with Gasteiger partial charge in [0.2, 0.25) is 5.91 Å². The number of para-hydroxylation sites is 1. The van der Waals surface area contributed by atoms with Gasteiger partial charge in [0, 0.05) is 6.20 Å². The molecule has 0 radical (unpaired) electrons. The predicted octanol–water partition coefficient (Wildman–Crippen LogP) is 4.78. The molecule has 0 aliphatic heterocycles. The molecule has 1 saturated carbocycles. The summed E-state index contributed by atoms with van der Waals surface area (Å²) >= 11 is 0. The highest BCUT2D eigenvalue weighted by Crippen LogP contribution is 2.42. The first-order valence-electron chi connectivity index (χ1n) is 9.86. The fraction of sp³-hybridized carbons (Fsp3) is 0.208. The average Bonchev–Trinajstić information content (AvgIpc) is 3.27. The van der Waals surface area contributed by atoms with Gasteiger partial charge in [-0.15, -0.1) is 0 Å². The Hall–Kier alpha value is -3.47. The van der Waals surface area contributed by atoms with Crippen LogP contribution in [0.3, 0.4) is 0 Å². The molecule has 29 heavy (non-hydrogen) atoms. The highest BCUT2D eigenvalue weighted by molar-refractivity contribution is 6.11. The van der Waals surface area contributed by atoms with Crippen LogP contribution in [0.5, 0.6) is 0 Å². The van der Waals surface area contributed by atoms with Crippen molar-refractivity contribution < 1.29 is 9.59 Å². The van der Waals surface area contributed by atoms with Crippen molar-refractivity contribution in [2.24, 2.45) is 0 Å². The summed E-state index contributed by atoms with van der Waals surface area (Å²) in [4.78, 5) is 30.2. The second-order valence-corrected chi connectivity index (χ2v) is 7.35. The number of pyridine rings is 1. The fourth-order valence-corrected chi connectivity index (χ4v) is 4.05. The maximum Gasteiger partial charge on any atom is 0.257 e. The van der Waals surface area contributed by atoms with Crippen LogP contribution in [0.1, 0.15) is 41.6 Å². The normalized spacial score (nSPS) is 14.9. The minimum absolute atomic E-state index is 0.0529. The first kappa shape index (κ1) is 18.9. The Morgan fingerprint density at radius 3 is 2.28 bits per heavy atom. The number of rotatable bonds is 5. The van der Waals surface area contributed by atoms with Crippen LogP contribution in [0.4, 0.5) is 11.4 Å². The van der Waals surface area contributed by atoms with Crippen molar-refractivity contribution in [2.75, 3.05) is 10.6 Å². The standard InChI is InChI=1S/C24H23N3O2/c28-22(26-19-11-8-16-25-17-19)20-12-4-5-13-21(20)27-23(29)24(14-6-7-15-24)18-9-2-1-3-10-18/h1-5,8-13,16-17H,6-7,14-15H2,(H,26,28)(H,27,29). The summed E-state index contributed by atoms with van der Waals surface area (Å²) in [5.41, 5.74) is 2.03. The van der Waals surface area contributed by atoms with Gasteiger partial charge in [-0.05, 0) is 42.7 Å². The first-order valence-corrected chi connectivity index (χ1v) is 9.86. The number of nitrogens with zero attached hydrogens (tertiary/aromatic N) is 1. The third-order valence-electron chi connectivity index (χ3n) is 5.56. The van der Waals surface area contributed by atoms with E-state index in [2.05, 4.69) is 15.6 Å². The van der Waals surface area contributed by atoms with Crippen molar-refractivity contribution in [3.63, 3.8) is 0 Å². The Morgan fingerprint density at radius 2 is 1.55 bits per heavy atom. The summed E-state index contributed by atoms with van der Waals surface area (Å²) in [5.74, 6) is -0.336. The number of amides is 2. The molecule has 0 spiro atoms. The number of nitrogens with one attached hydrogen (secondary N) is 2. The van der Waals surface area contributed by atoms with Crippen LogP contribution in [0.2, 0.25) is 0 Å². The Bertz CT molecular complexity index is 997. The molecule has 2 N–H and O–H groups in total. The molecule has 1 aromatic heterocycles.